The first-order valence-corrected chi connectivity index (χ1v) is 8.98. The van der Waals surface area contributed by atoms with Crippen LogP contribution in [0.2, 0.25) is 0 Å². The predicted octanol–water partition coefficient (Wildman–Crippen LogP) is 1.80. The van der Waals surface area contributed by atoms with Gasteiger partial charge in [-0.3, -0.25) is 9.59 Å². The Labute approximate surface area is 167 Å². The largest absolute Gasteiger partial charge is 0.497 e. The van der Waals surface area contributed by atoms with Gasteiger partial charge in [0.2, 0.25) is 0 Å². The first kappa shape index (κ1) is 20.1. The number of hydrogen-bond acceptors (Lipinski definition) is 6. The minimum Gasteiger partial charge on any atom is -0.497 e. The Bertz CT molecular complexity index is 1110. The molecule has 0 fully saturated rings. The Morgan fingerprint density at radius 1 is 1.10 bits per heavy atom. The number of benzene rings is 2. The first-order chi connectivity index (χ1) is 13.9. The Balaban J connectivity index is 1.68. The number of rotatable bonds is 6. The highest BCUT2D eigenvalue weighted by molar-refractivity contribution is 6.02. The summed E-state index contributed by atoms with van der Waals surface area (Å²) in [7, 11) is 3.03. The maximum atomic E-state index is 12.6. The minimum atomic E-state index is -1.03. The number of ether oxygens (including phenoxy) is 2. The number of carbonyl (C=O) groups is 2. The SMILES string of the molecule is COc1ccc(CNC(=O)[C@H](C)OC(=O)c2nn(C)c(=O)c3ccccc23)cc1. The Hall–Kier alpha value is -3.68. The molecule has 0 aliphatic heterocycles. The molecule has 0 radical (unpaired) electrons. The Morgan fingerprint density at radius 2 is 1.76 bits per heavy atom. The molecule has 8 nitrogen and oxygen atoms in total. The summed E-state index contributed by atoms with van der Waals surface area (Å²) in [5.41, 5.74) is 0.545. The zero-order valence-corrected chi connectivity index (χ0v) is 16.3. The molecule has 0 aliphatic rings. The van der Waals surface area contributed by atoms with E-state index in [1.54, 1.807) is 43.5 Å². The minimum absolute atomic E-state index is 0.0162. The fourth-order valence-electron chi connectivity index (χ4n) is 2.80. The summed E-state index contributed by atoms with van der Waals surface area (Å²) in [5.74, 6) is -0.494. The lowest BCUT2D eigenvalue weighted by atomic mass is 10.1. The summed E-state index contributed by atoms with van der Waals surface area (Å²) in [4.78, 5) is 37.1. The van der Waals surface area contributed by atoms with E-state index in [2.05, 4.69) is 10.4 Å². The maximum Gasteiger partial charge on any atom is 0.360 e. The lowest BCUT2D eigenvalue weighted by Crippen LogP contribution is -2.36. The van der Waals surface area contributed by atoms with Crippen LogP contribution in [0.25, 0.3) is 10.8 Å². The van der Waals surface area contributed by atoms with Crippen LogP contribution in [0, 0.1) is 0 Å². The third kappa shape index (κ3) is 4.43. The van der Waals surface area contributed by atoms with E-state index in [1.807, 2.05) is 12.1 Å². The summed E-state index contributed by atoms with van der Waals surface area (Å²) in [6.45, 7) is 1.76. The van der Waals surface area contributed by atoms with Crippen molar-refractivity contribution in [1.29, 1.82) is 0 Å². The number of fused-ring (bicyclic) bond motifs is 1. The van der Waals surface area contributed by atoms with Crippen molar-refractivity contribution in [2.75, 3.05) is 7.11 Å². The molecule has 1 aromatic heterocycles. The summed E-state index contributed by atoms with van der Waals surface area (Å²) in [5, 5.41) is 7.46. The van der Waals surface area contributed by atoms with Crippen molar-refractivity contribution in [2.24, 2.45) is 7.05 Å². The Kier molecular flexibility index (Phi) is 5.92. The molecule has 1 heterocycles. The average molecular weight is 395 g/mol. The van der Waals surface area contributed by atoms with E-state index in [0.29, 0.717) is 10.8 Å². The summed E-state index contributed by atoms with van der Waals surface area (Å²) in [6, 6.07) is 13.9. The standard InChI is InChI=1S/C21H21N3O5/c1-13(19(25)22-12-14-8-10-15(28-3)11-9-14)29-21(27)18-16-6-4-5-7-17(16)20(26)24(2)23-18/h4-11,13H,12H2,1-3H3,(H,22,25)/t13-/m0/s1. The molecule has 3 aromatic rings. The van der Waals surface area contributed by atoms with Gasteiger partial charge in [-0.05, 0) is 30.7 Å². The van der Waals surface area contributed by atoms with Gasteiger partial charge < -0.3 is 14.8 Å². The lowest BCUT2D eigenvalue weighted by molar-refractivity contribution is -0.129. The van der Waals surface area contributed by atoms with Gasteiger partial charge in [0.15, 0.2) is 11.8 Å². The van der Waals surface area contributed by atoms with Crippen LogP contribution in [-0.4, -0.2) is 34.9 Å². The van der Waals surface area contributed by atoms with Crippen molar-refractivity contribution in [3.63, 3.8) is 0 Å². The number of carbonyl (C=O) groups excluding carboxylic acids is 2. The molecule has 0 aliphatic carbocycles. The smallest absolute Gasteiger partial charge is 0.360 e. The van der Waals surface area contributed by atoms with E-state index in [-0.39, 0.29) is 17.8 Å². The van der Waals surface area contributed by atoms with E-state index in [4.69, 9.17) is 9.47 Å². The van der Waals surface area contributed by atoms with E-state index in [0.717, 1.165) is 16.0 Å². The van der Waals surface area contributed by atoms with E-state index >= 15 is 0 Å². The lowest BCUT2D eigenvalue weighted by Gasteiger charge is -2.14. The van der Waals surface area contributed by atoms with Crippen LogP contribution in [0.3, 0.4) is 0 Å². The fourth-order valence-corrected chi connectivity index (χ4v) is 2.80. The van der Waals surface area contributed by atoms with Crippen molar-refractivity contribution >= 4 is 22.6 Å². The van der Waals surface area contributed by atoms with E-state index in [9.17, 15) is 14.4 Å². The number of aromatic nitrogens is 2. The second kappa shape index (κ2) is 8.55. The third-order valence-electron chi connectivity index (χ3n) is 4.43. The molecule has 1 amide bonds. The topological polar surface area (TPSA) is 99.5 Å². The number of esters is 1. The zero-order chi connectivity index (χ0) is 21.0. The Morgan fingerprint density at radius 3 is 2.41 bits per heavy atom. The number of nitrogens with zero attached hydrogens (tertiary/aromatic N) is 2. The number of methoxy groups -OCH3 is 1. The van der Waals surface area contributed by atoms with Gasteiger partial charge in [0.25, 0.3) is 11.5 Å². The number of amides is 1. The van der Waals surface area contributed by atoms with Crippen LogP contribution in [-0.2, 0) is 23.1 Å². The molecule has 0 bridgehead atoms. The number of nitrogens with one attached hydrogen (secondary N) is 1. The molecule has 0 saturated carbocycles. The highest BCUT2D eigenvalue weighted by Crippen LogP contribution is 2.15. The van der Waals surface area contributed by atoms with Gasteiger partial charge in [-0.1, -0.05) is 30.3 Å². The summed E-state index contributed by atoms with van der Waals surface area (Å²) >= 11 is 0. The van der Waals surface area contributed by atoms with Crippen molar-refractivity contribution in [2.45, 2.75) is 19.6 Å². The average Bonchev–Trinajstić information content (AvgIpc) is 2.74. The molecule has 150 valence electrons. The molecule has 0 saturated heterocycles. The normalized spacial score (nSPS) is 11.7. The first-order valence-electron chi connectivity index (χ1n) is 8.98. The predicted molar refractivity (Wildman–Crippen MR) is 107 cm³/mol. The monoisotopic (exact) mass is 395 g/mol. The van der Waals surface area contributed by atoms with Crippen molar-refractivity contribution in [3.05, 3.63) is 70.1 Å². The van der Waals surface area contributed by atoms with Gasteiger partial charge in [-0.25, -0.2) is 9.48 Å². The second-order valence-corrected chi connectivity index (χ2v) is 6.44. The molecular formula is C21H21N3O5. The van der Waals surface area contributed by atoms with Crippen LogP contribution < -0.4 is 15.6 Å². The molecule has 2 aromatic carbocycles. The molecule has 1 atom stereocenters. The quantitative estimate of drug-likeness (QED) is 0.639. The van der Waals surface area contributed by atoms with Crippen LogP contribution in [0.4, 0.5) is 0 Å². The van der Waals surface area contributed by atoms with Crippen LogP contribution in [0.15, 0.2) is 53.3 Å². The second-order valence-electron chi connectivity index (χ2n) is 6.44. The highest BCUT2D eigenvalue weighted by Gasteiger charge is 2.22. The molecule has 3 rings (SSSR count). The van der Waals surface area contributed by atoms with Gasteiger partial charge in [-0.2, -0.15) is 5.10 Å². The molecule has 8 heteroatoms. The highest BCUT2D eigenvalue weighted by atomic mass is 16.5. The molecule has 29 heavy (non-hydrogen) atoms. The van der Waals surface area contributed by atoms with Crippen molar-refractivity contribution < 1.29 is 19.1 Å². The van der Waals surface area contributed by atoms with Crippen molar-refractivity contribution in [1.82, 2.24) is 15.1 Å². The number of hydrogen-bond donors (Lipinski definition) is 1. The molecule has 0 unspecified atom stereocenters. The van der Waals surface area contributed by atoms with Gasteiger partial charge in [0, 0.05) is 19.0 Å². The van der Waals surface area contributed by atoms with Crippen LogP contribution in [0.1, 0.15) is 23.0 Å². The summed E-state index contributed by atoms with van der Waals surface area (Å²) < 4.78 is 11.4. The van der Waals surface area contributed by atoms with Gasteiger partial charge in [0.1, 0.15) is 5.75 Å². The fraction of sp³-hybridized carbons (Fsp3) is 0.238. The molecular weight excluding hydrogens is 374 g/mol. The van der Waals surface area contributed by atoms with E-state index in [1.165, 1.54) is 14.0 Å². The van der Waals surface area contributed by atoms with E-state index < -0.39 is 18.0 Å². The maximum absolute atomic E-state index is 12.6. The molecule has 1 N–H and O–H groups in total. The van der Waals surface area contributed by atoms with Gasteiger partial charge in [0.05, 0.1) is 12.5 Å². The zero-order valence-electron chi connectivity index (χ0n) is 16.3. The number of aryl methyl sites for hydroxylation is 1. The van der Waals surface area contributed by atoms with Crippen LogP contribution in [0.5, 0.6) is 5.75 Å². The molecule has 0 spiro atoms. The summed E-state index contributed by atoms with van der Waals surface area (Å²) in [6.07, 6.45) is -1.03. The van der Waals surface area contributed by atoms with Crippen LogP contribution >= 0.6 is 0 Å². The third-order valence-corrected chi connectivity index (χ3v) is 4.43. The van der Waals surface area contributed by atoms with Gasteiger partial charge >= 0.3 is 5.97 Å². The van der Waals surface area contributed by atoms with Gasteiger partial charge in [-0.15, -0.1) is 0 Å². The van der Waals surface area contributed by atoms with Crippen molar-refractivity contribution in [3.8, 4) is 5.75 Å².